The Hall–Kier alpha value is -1.54. The van der Waals surface area contributed by atoms with E-state index in [-0.39, 0.29) is 0 Å². The molecule has 0 aromatic carbocycles. The molecular weight excluding hydrogens is 262 g/mol. The smallest absolute Gasteiger partial charge is 0.245 e. The average molecular weight is 279 g/mol. The Labute approximate surface area is 115 Å². The summed E-state index contributed by atoms with van der Waals surface area (Å²) in [7, 11) is 0. The van der Waals surface area contributed by atoms with Gasteiger partial charge in [-0.2, -0.15) is 4.98 Å². The van der Waals surface area contributed by atoms with Gasteiger partial charge in [0, 0.05) is 19.1 Å². The predicted octanol–water partition coefficient (Wildman–Crippen LogP) is 0.813. The SMILES string of the molecule is CCc1nnsc1-c1nc(N2CCC(N)CC2)n[nH]1. The van der Waals surface area contributed by atoms with Crippen molar-refractivity contribution in [1.29, 1.82) is 0 Å². The van der Waals surface area contributed by atoms with E-state index in [1.54, 1.807) is 0 Å². The lowest BCUT2D eigenvalue weighted by atomic mass is 10.1. The second kappa shape index (κ2) is 5.22. The van der Waals surface area contributed by atoms with Crippen molar-refractivity contribution in [2.45, 2.75) is 32.2 Å². The van der Waals surface area contributed by atoms with E-state index in [1.807, 2.05) is 0 Å². The molecule has 1 saturated heterocycles. The van der Waals surface area contributed by atoms with Crippen molar-refractivity contribution in [2.24, 2.45) is 5.73 Å². The van der Waals surface area contributed by atoms with Crippen molar-refractivity contribution >= 4 is 17.5 Å². The topological polar surface area (TPSA) is 96.6 Å². The number of anilines is 1. The molecule has 1 aliphatic rings. The van der Waals surface area contributed by atoms with Gasteiger partial charge in [-0.05, 0) is 30.8 Å². The maximum atomic E-state index is 5.91. The molecule has 3 rings (SSSR count). The van der Waals surface area contributed by atoms with Crippen LogP contribution in [0.25, 0.3) is 10.7 Å². The molecule has 1 aliphatic heterocycles. The van der Waals surface area contributed by atoms with Gasteiger partial charge in [0.1, 0.15) is 4.88 Å². The van der Waals surface area contributed by atoms with Crippen molar-refractivity contribution in [1.82, 2.24) is 24.8 Å². The summed E-state index contributed by atoms with van der Waals surface area (Å²) >= 11 is 1.35. The third kappa shape index (κ3) is 2.45. The number of aromatic amines is 1. The van der Waals surface area contributed by atoms with Gasteiger partial charge in [-0.1, -0.05) is 11.4 Å². The van der Waals surface area contributed by atoms with E-state index in [9.17, 15) is 0 Å². The molecule has 2 aromatic rings. The molecule has 3 N–H and O–H groups in total. The zero-order valence-corrected chi connectivity index (χ0v) is 11.7. The first-order chi connectivity index (χ1) is 9.28. The molecule has 7 nitrogen and oxygen atoms in total. The molecule has 1 fully saturated rings. The van der Waals surface area contributed by atoms with E-state index in [0.717, 1.165) is 54.7 Å². The monoisotopic (exact) mass is 279 g/mol. The molecule has 0 radical (unpaired) electrons. The minimum Gasteiger partial charge on any atom is -0.339 e. The van der Waals surface area contributed by atoms with Crippen LogP contribution in [0.5, 0.6) is 0 Å². The normalized spacial score (nSPS) is 17.1. The number of nitrogens with one attached hydrogen (secondary N) is 1. The van der Waals surface area contributed by atoms with Gasteiger partial charge in [0.05, 0.1) is 5.69 Å². The highest BCUT2D eigenvalue weighted by Gasteiger charge is 2.21. The van der Waals surface area contributed by atoms with E-state index in [0.29, 0.717) is 6.04 Å². The third-order valence-corrected chi connectivity index (χ3v) is 4.18. The van der Waals surface area contributed by atoms with Gasteiger partial charge in [0.2, 0.25) is 5.95 Å². The number of nitrogens with zero attached hydrogens (tertiary/aromatic N) is 5. The van der Waals surface area contributed by atoms with E-state index < -0.39 is 0 Å². The van der Waals surface area contributed by atoms with Crippen LogP contribution in [0.2, 0.25) is 0 Å². The van der Waals surface area contributed by atoms with Crippen molar-refractivity contribution in [3.05, 3.63) is 5.69 Å². The lowest BCUT2D eigenvalue weighted by Gasteiger charge is -2.28. The first kappa shape index (κ1) is 12.5. The number of nitrogens with two attached hydrogens (primary N) is 1. The zero-order chi connectivity index (χ0) is 13.2. The van der Waals surface area contributed by atoms with Gasteiger partial charge in [0.15, 0.2) is 5.82 Å². The Balaban J connectivity index is 1.80. The largest absolute Gasteiger partial charge is 0.339 e. The maximum Gasteiger partial charge on any atom is 0.245 e. The number of aryl methyl sites for hydroxylation is 1. The first-order valence-corrected chi connectivity index (χ1v) is 7.29. The van der Waals surface area contributed by atoms with Crippen LogP contribution < -0.4 is 10.6 Å². The summed E-state index contributed by atoms with van der Waals surface area (Å²) in [6.07, 6.45) is 2.83. The summed E-state index contributed by atoms with van der Waals surface area (Å²) in [6.45, 7) is 3.89. The van der Waals surface area contributed by atoms with Crippen LogP contribution in [0.3, 0.4) is 0 Å². The first-order valence-electron chi connectivity index (χ1n) is 6.52. The molecule has 8 heteroatoms. The predicted molar refractivity (Wildman–Crippen MR) is 74.1 cm³/mol. The van der Waals surface area contributed by atoms with Crippen LogP contribution in [0, 0.1) is 0 Å². The van der Waals surface area contributed by atoms with Crippen molar-refractivity contribution in [3.8, 4) is 10.7 Å². The Bertz CT molecular complexity index is 541. The fourth-order valence-corrected chi connectivity index (χ4v) is 2.90. The van der Waals surface area contributed by atoms with E-state index in [2.05, 4.69) is 36.6 Å². The van der Waals surface area contributed by atoms with E-state index in [1.165, 1.54) is 11.5 Å². The van der Waals surface area contributed by atoms with Crippen molar-refractivity contribution in [2.75, 3.05) is 18.0 Å². The standard InChI is InChI=1S/C11H17N7S/c1-2-8-9(19-17-14-8)10-13-11(16-15-10)18-5-3-7(12)4-6-18/h7H,2-6,12H2,1H3,(H,13,15,16). The summed E-state index contributed by atoms with van der Waals surface area (Å²) in [4.78, 5) is 7.71. The number of hydrogen-bond donors (Lipinski definition) is 2. The van der Waals surface area contributed by atoms with Crippen LogP contribution in [0.4, 0.5) is 5.95 Å². The molecule has 102 valence electrons. The number of rotatable bonds is 3. The number of aromatic nitrogens is 5. The molecule has 0 amide bonds. The molecule has 2 aromatic heterocycles. The van der Waals surface area contributed by atoms with Crippen molar-refractivity contribution in [3.63, 3.8) is 0 Å². The van der Waals surface area contributed by atoms with Crippen LogP contribution >= 0.6 is 11.5 Å². The molecule has 0 saturated carbocycles. The zero-order valence-electron chi connectivity index (χ0n) is 10.8. The van der Waals surface area contributed by atoms with Gasteiger partial charge in [-0.25, -0.2) is 0 Å². The summed E-state index contributed by atoms with van der Waals surface area (Å²) in [6, 6.07) is 0.312. The highest BCUT2D eigenvalue weighted by Crippen LogP contribution is 2.25. The van der Waals surface area contributed by atoms with Gasteiger partial charge in [0.25, 0.3) is 0 Å². The van der Waals surface area contributed by atoms with E-state index in [4.69, 9.17) is 5.73 Å². The Morgan fingerprint density at radius 1 is 1.42 bits per heavy atom. The molecule has 3 heterocycles. The summed E-state index contributed by atoms with van der Waals surface area (Å²) in [5.41, 5.74) is 6.87. The highest BCUT2D eigenvalue weighted by molar-refractivity contribution is 7.09. The Morgan fingerprint density at radius 2 is 2.21 bits per heavy atom. The Kier molecular flexibility index (Phi) is 3.43. The second-order valence-electron chi connectivity index (χ2n) is 4.71. The molecule has 0 aliphatic carbocycles. The lowest BCUT2D eigenvalue weighted by Crippen LogP contribution is -2.40. The number of piperidine rings is 1. The van der Waals surface area contributed by atoms with Crippen LogP contribution in [-0.4, -0.2) is 43.9 Å². The van der Waals surface area contributed by atoms with Crippen LogP contribution in [0.15, 0.2) is 0 Å². The molecule has 0 bridgehead atoms. The molecule has 19 heavy (non-hydrogen) atoms. The fraction of sp³-hybridized carbons (Fsp3) is 0.636. The molecule has 0 atom stereocenters. The third-order valence-electron chi connectivity index (χ3n) is 3.40. The lowest BCUT2D eigenvalue weighted by molar-refractivity contribution is 0.496. The fourth-order valence-electron chi connectivity index (χ4n) is 2.22. The van der Waals surface area contributed by atoms with E-state index >= 15 is 0 Å². The van der Waals surface area contributed by atoms with Gasteiger partial charge in [-0.15, -0.1) is 10.2 Å². The molecular formula is C11H17N7S. The Morgan fingerprint density at radius 3 is 2.95 bits per heavy atom. The van der Waals surface area contributed by atoms with Crippen LogP contribution in [0.1, 0.15) is 25.5 Å². The molecule has 0 unspecified atom stereocenters. The van der Waals surface area contributed by atoms with Crippen LogP contribution in [-0.2, 0) is 6.42 Å². The number of H-pyrrole nitrogens is 1. The van der Waals surface area contributed by atoms with Gasteiger partial charge < -0.3 is 10.6 Å². The van der Waals surface area contributed by atoms with Crippen molar-refractivity contribution < 1.29 is 0 Å². The van der Waals surface area contributed by atoms with Gasteiger partial charge >= 0.3 is 0 Å². The summed E-state index contributed by atoms with van der Waals surface area (Å²) in [5.74, 6) is 1.51. The van der Waals surface area contributed by atoms with Gasteiger partial charge in [-0.3, -0.25) is 5.10 Å². The summed E-state index contributed by atoms with van der Waals surface area (Å²) < 4.78 is 3.97. The molecule has 0 spiro atoms. The second-order valence-corrected chi connectivity index (χ2v) is 5.46. The highest BCUT2D eigenvalue weighted by atomic mass is 32.1. The maximum absolute atomic E-state index is 5.91. The number of hydrogen-bond acceptors (Lipinski definition) is 7. The minimum absolute atomic E-state index is 0.312. The minimum atomic E-state index is 0.312. The quantitative estimate of drug-likeness (QED) is 0.863. The average Bonchev–Trinajstić information content (AvgIpc) is 3.07. The summed E-state index contributed by atoms with van der Waals surface area (Å²) in [5, 5.41) is 11.4.